The van der Waals surface area contributed by atoms with E-state index in [0.29, 0.717) is 6.42 Å². The summed E-state index contributed by atoms with van der Waals surface area (Å²) in [5, 5.41) is 0. The molecule has 2 rings (SSSR count). The van der Waals surface area contributed by atoms with Gasteiger partial charge in [0.2, 0.25) is 0 Å². The number of esters is 1. The van der Waals surface area contributed by atoms with Crippen molar-refractivity contribution in [3.8, 4) is 0 Å². The fraction of sp³-hybridized carbons (Fsp3) is 0.357. The molecule has 0 aliphatic heterocycles. The Morgan fingerprint density at radius 3 is 2.33 bits per heavy atom. The average Bonchev–Trinajstić information content (AvgIpc) is 3.10. The molecule has 1 aliphatic carbocycles. The average molecular weight is 312 g/mol. The Kier molecular flexibility index (Phi) is 5.27. The molecule has 1 fully saturated rings. The van der Waals surface area contributed by atoms with Crippen LogP contribution in [-0.2, 0) is 19.6 Å². The number of rotatable bonds is 3. The molecule has 1 aromatic rings. The van der Waals surface area contributed by atoms with Crippen molar-refractivity contribution in [2.24, 2.45) is 11.7 Å². The first-order chi connectivity index (χ1) is 9.65. The van der Waals surface area contributed by atoms with Gasteiger partial charge < -0.3 is 15.0 Å². The molecule has 0 amide bonds. The van der Waals surface area contributed by atoms with Gasteiger partial charge in [-0.1, -0.05) is 23.8 Å². The molecule has 2 atom stereocenters. The van der Waals surface area contributed by atoms with Crippen LogP contribution in [-0.4, -0.2) is 31.6 Å². The van der Waals surface area contributed by atoms with Gasteiger partial charge in [-0.3, -0.25) is 4.79 Å². The topological polar surface area (TPSA) is 110 Å². The van der Waals surface area contributed by atoms with Gasteiger partial charge in [-0.05, 0) is 25.5 Å². The molecule has 0 bridgehead atoms. The largest absolute Gasteiger partial charge is 0.744 e. The van der Waals surface area contributed by atoms with Gasteiger partial charge >= 0.3 is 5.97 Å². The SMILES string of the molecule is C=C[C@@H]1C[C@@]1(N)C(=O)OC.Cc1ccc(S(=O)(=O)[O-])cc1. The van der Waals surface area contributed by atoms with E-state index < -0.39 is 15.7 Å². The van der Waals surface area contributed by atoms with E-state index in [1.165, 1.54) is 19.2 Å². The lowest BCUT2D eigenvalue weighted by atomic mass is 10.2. The minimum Gasteiger partial charge on any atom is -0.744 e. The standard InChI is InChI=1S/C7H11NO2.C7H8O3S/c1-3-5-4-7(5,8)6(9)10-2;1-6-2-4-7(5-3-6)11(8,9)10/h3,5H,1,4,8H2,2H3;2-5H,1H3,(H,8,9,10)/p-1/t5-,7+;/m1./s1. The summed E-state index contributed by atoms with van der Waals surface area (Å²) in [7, 11) is -2.93. The number of nitrogens with two attached hydrogens (primary N) is 1. The molecule has 0 aromatic heterocycles. The summed E-state index contributed by atoms with van der Waals surface area (Å²) >= 11 is 0. The van der Waals surface area contributed by atoms with Gasteiger partial charge in [0.25, 0.3) is 0 Å². The molecule has 0 unspecified atom stereocenters. The molecule has 1 aromatic carbocycles. The Labute approximate surface area is 124 Å². The predicted octanol–water partition coefficient (Wildman–Crippen LogP) is 0.962. The van der Waals surface area contributed by atoms with Crippen molar-refractivity contribution in [3.05, 3.63) is 42.5 Å². The minimum absolute atomic E-state index is 0.111. The van der Waals surface area contributed by atoms with Crippen LogP contribution < -0.4 is 5.73 Å². The summed E-state index contributed by atoms with van der Waals surface area (Å²) in [4.78, 5) is 10.7. The van der Waals surface area contributed by atoms with Crippen molar-refractivity contribution in [3.63, 3.8) is 0 Å². The quantitative estimate of drug-likeness (QED) is 0.506. The van der Waals surface area contributed by atoms with Crippen molar-refractivity contribution in [2.45, 2.75) is 23.8 Å². The first kappa shape index (κ1) is 17.4. The number of hydrogen-bond acceptors (Lipinski definition) is 6. The number of aryl methyl sites for hydroxylation is 1. The van der Waals surface area contributed by atoms with Gasteiger partial charge in [0.05, 0.1) is 12.0 Å². The Hall–Kier alpha value is -1.70. The highest BCUT2D eigenvalue weighted by atomic mass is 32.2. The van der Waals surface area contributed by atoms with Gasteiger partial charge in [-0.15, -0.1) is 6.58 Å². The summed E-state index contributed by atoms with van der Waals surface area (Å²) in [5.41, 5.74) is 5.78. The van der Waals surface area contributed by atoms with E-state index in [0.717, 1.165) is 5.56 Å². The van der Waals surface area contributed by atoms with Crippen LogP contribution in [0.1, 0.15) is 12.0 Å². The van der Waals surface area contributed by atoms with Crippen molar-refractivity contribution in [2.75, 3.05) is 7.11 Å². The van der Waals surface area contributed by atoms with E-state index >= 15 is 0 Å². The van der Waals surface area contributed by atoms with Gasteiger partial charge in [0.15, 0.2) is 0 Å². The van der Waals surface area contributed by atoms with Crippen molar-refractivity contribution in [1.29, 1.82) is 0 Å². The number of carbonyl (C=O) groups excluding carboxylic acids is 1. The van der Waals surface area contributed by atoms with Crippen LogP contribution >= 0.6 is 0 Å². The second-order valence-corrected chi connectivity index (χ2v) is 6.23. The Morgan fingerprint density at radius 1 is 1.48 bits per heavy atom. The summed E-state index contributed by atoms with van der Waals surface area (Å²) < 4.78 is 35.7. The summed E-state index contributed by atoms with van der Waals surface area (Å²) in [6.45, 7) is 5.37. The van der Waals surface area contributed by atoms with Crippen LogP contribution in [0.3, 0.4) is 0 Å². The second kappa shape index (κ2) is 6.38. The van der Waals surface area contributed by atoms with Crippen LogP contribution in [0.2, 0.25) is 0 Å². The smallest absolute Gasteiger partial charge is 0.326 e. The van der Waals surface area contributed by atoms with Crippen LogP contribution in [0, 0.1) is 12.8 Å². The maximum absolute atomic E-state index is 10.9. The van der Waals surface area contributed by atoms with Crippen molar-refractivity contribution >= 4 is 16.1 Å². The third-order valence-electron chi connectivity index (χ3n) is 3.22. The number of hydrogen-bond donors (Lipinski definition) is 1. The summed E-state index contributed by atoms with van der Waals surface area (Å²) in [5.74, 6) is -0.225. The Bertz CT molecular complexity index is 623. The molecule has 21 heavy (non-hydrogen) atoms. The molecule has 1 saturated carbocycles. The van der Waals surface area contributed by atoms with Gasteiger partial charge in [0.1, 0.15) is 15.7 Å². The second-order valence-electron chi connectivity index (χ2n) is 4.85. The number of ether oxygens (including phenoxy) is 1. The van der Waals surface area contributed by atoms with E-state index in [4.69, 9.17) is 5.73 Å². The third kappa shape index (κ3) is 4.38. The number of carbonyl (C=O) groups is 1. The summed E-state index contributed by atoms with van der Waals surface area (Å²) in [6.07, 6.45) is 2.36. The van der Waals surface area contributed by atoms with E-state index in [1.807, 2.05) is 6.92 Å². The lowest BCUT2D eigenvalue weighted by Gasteiger charge is -2.05. The molecular weight excluding hydrogens is 294 g/mol. The minimum atomic E-state index is -4.27. The van der Waals surface area contributed by atoms with E-state index in [2.05, 4.69) is 11.3 Å². The molecule has 116 valence electrons. The molecule has 0 heterocycles. The lowest BCUT2D eigenvalue weighted by Crippen LogP contribution is -2.36. The fourth-order valence-corrected chi connectivity index (χ4v) is 2.20. The molecule has 0 spiro atoms. The Balaban J connectivity index is 0.000000211. The number of benzene rings is 1. The van der Waals surface area contributed by atoms with Crippen LogP contribution in [0.15, 0.2) is 41.8 Å². The van der Waals surface area contributed by atoms with Crippen molar-refractivity contribution in [1.82, 2.24) is 0 Å². The highest BCUT2D eigenvalue weighted by Crippen LogP contribution is 2.42. The highest BCUT2D eigenvalue weighted by molar-refractivity contribution is 7.85. The molecule has 7 heteroatoms. The molecule has 1 aliphatic rings. The van der Waals surface area contributed by atoms with E-state index in [9.17, 15) is 17.8 Å². The molecule has 0 saturated heterocycles. The zero-order valence-corrected chi connectivity index (χ0v) is 12.7. The Morgan fingerprint density at radius 2 is 2.00 bits per heavy atom. The van der Waals surface area contributed by atoms with Crippen LogP contribution in [0.5, 0.6) is 0 Å². The molecule has 0 radical (unpaired) electrons. The van der Waals surface area contributed by atoms with Gasteiger partial charge in [-0.2, -0.15) is 0 Å². The van der Waals surface area contributed by atoms with Gasteiger partial charge in [0, 0.05) is 5.92 Å². The highest BCUT2D eigenvalue weighted by Gasteiger charge is 2.56. The van der Waals surface area contributed by atoms with Gasteiger partial charge in [-0.25, -0.2) is 8.42 Å². The fourth-order valence-electron chi connectivity index (χ4n) is 1.73. The maximum Gasteiger partial charge on any atom is 0.326 e. The van der Waals surface area contributed by atoms with Crippen LogP contribution in [0.25, 0.3) is 0 Å². The molecular formula is C14H18NO5S-. The first-order valence-electron chi connectivity index (χ1n) is 6.17. The third-order valence-corrected chi connectivity index (χ3v) is 4.07. The van der Waals surface area contributed by atoms with E-state index in [-0.39, 0.29) is 16.8 Å². The summed E-state index contributed by atoms with van der Waals surface area (Å²) in [6, 6.07) is 5.78. The lowest BCUT2D eigenvalue weighted by molar-refractivity contribution is -0.143. The predicted molar refractivity (Wildman–Crippen MR) is 76.4 cm³/mol. The van der Waals surface area contributed by atoms with Crippen molar-refractivity contribution < 1.29 is 22.5 Å². The van der Waals surface area contributed by atoms with Crippen LogP contribution in [0.4, 0.5) is 0 Å². The maximum atomic E-state index is 10.9. The zero-order valence-electron chi connectivity index (χ0n) is 11.9. The monoisotopic (exact) mass is 312 g/mol. The number of methoxy groups -OCH3 is 1. The van der Waals surface area contributed by atoms with E-state index in [1.54, 1.807) is 18.2 Å². The first-order valence-corrected chi connectivity index (χ1v) is 7.58. The normalized spacial score (nSPS) is 23.5. The zero-order chi connectivity index (χ0) is 16.3. The molecule has 2 N–H and O–H groups in total. The molecule has 6 nitrogen and oxygen atoms in total.